The maximum Gasteiger partial charge on any atom is 0.416 e. The molecule has 3 aromatic rings. The summed E-state index contributed by atoms with van der Waals surface area (Å²) in [6.07, 6.45) is 0.222. The highest BCUT2D eigenvalue weighted by molar-refractivity contribution is 6.11. The lowest BCUT2D eigenvalue weighted by Crippen LogP contribution is -2.25. The van der Waals surface area contributed by atoms with Crippen LogP contribution in [0.2, 0.25) is 0 Å². The minimum Gasteiger partial charge on any atom is -0.320 e. The molecule has 1 aliphatic carbocycles. The summed E-state index contributed by atoms with van der Waals surface area (Å²) in [5.74, 6) is 0.132. The van der Waals surface area contributed by atoms with Crippen LogP contribution >= 0.6 is 0 Å². The number of alkyl halides is 3. The molecule has 0 bridgehead atoms. The van der Waals surface area contributed by atoms with E-state index in [1.165, 1.54) is 17.9 Å². The fourth-order valence-electron chi connectivity index (χ4n) is 4.94. The molecule has 1 atom stereocenters. The van der Waals surface area contributed by atoms with Crippen molar-refractivity contribution < 1.29 is 22.8 Å². The average molecular weight is 468 g/mol. The van der Waals surface area contributed by atoms with Crippen molar-refractivity contribution in [1.29, 1.82) is 0 Å². The first kappa shape index (κ1) is 22.3. The number of hydrogen-bond donors (Lipinski definition) is 0. The summed E-state index contributed by atoms with van der Waals surface area (Å²) < 4.78 is 43.2. The summed E-state index contributed by atoms with van der Waals surface area (Å²) in [5, 5.41) is 8.33. The molecular weight excluding hydrogens is 445 g/mol. The largest absolute Gasteiger partial charge is 0.416 e. The molecule has 0 N–H and O–H groups in total. The molecule has 2 aromatic carbocycles. The van der Waals surface area contributed by atoms with Crippen LogP contribution in [0.4, 0.5) is 18.9 Å². The van der Waals surface area contributed by atoms with E-state index in [2.05, 4.69) is 10.2 Å². The molecule has 0 saturated heterocycles. The first-order chi connectivity index (χ1) is 16.1. The summed E-state index contributed by atoms with van der Waals surface area (Å²) in [6.45, 7) is 0.984. The number of ketones is 1. The lowest BCUT2D eigenvalue weighted by Gasteiger charge is -2.33. The number of aryl methyl sites for hydroxylation is 1. The molecule has 1 amide bonds. The van der Waals surface area contributed by atoms with Crippen molar-refractivity contribution in [1.82, 2.24) is 14.8 Å². The third-order valence-corrected chi connectivity index (χ3v) is 6.94. The molecule has 9 heteroatoms. The Labute approximate surface area is 194 Å². The Morgan fingerprint density at radius 1 is 1.18 bits per heavy atom. The second-order valence-electron chi connectivity index (χ2n) is 9.06. The highest BCUT2D eigenvalue weighted by Gasteiger charge is 2.41. The Hall–Kier alpha value is -3.49. The highest BCUT2D eigenvalue weighted by Crippen LogP contribution is 2.44. The van der Waals surface area contributed by atoms with Crippen LogP contribution in [0.15, 0.2) is 42.7 Å². The zero-order valence-corrected chi connectivity index (χ0v) is 18.8. The lowest BCUT2D eigenvalue weighted by molar-refractivity contribution is -0.138. The van der Waals surface area contributed by atoms with Crippen LogP contribution < -0.4 is 4.90 Å². The average Bonchev–Trinajstić information content (AvgIpc) is 3.32. The van der Waals surface area contributed by atoms with Gasteiger partial charge in [0.2, 0.25) is 0 Å². The van der Waals surface area contributed by atoms with Crippen LogP contribution in [0, 0.1) is 5.92 Å². The predicted molar refractivity (Wildman–Crippen MR) is 119 cm³/mol. The normalized spacial score (nSPS) is 17.0. The van der Waals surface area contributed by atoms with Crippen molar-refractivity contribution in [2.24, 2.45) is 13.0 Å². The van der Waals surface area contributed by atoms with Crippen molar-refractivity contribution in [2.75, 3.05) is 4.90 Å². The molecule has 2 heterocycles. The standard InChI is InChI=1S/C25H23F3N4O2/c1-14(33)17-10-19-20(21(11-17)25(26,27)28)12-32(24(19)34)18-8-4-7-16(9-18)22(15-5-3-6-15)23-30-29-13-31(23)2/h4,7-11,13,15,22H,3,5-6,12H2,1-2H3/t22-/m0/s1. The molecule has 176 valence electrons. The summed E-state index contributed by atoms with van der Waals surface area (Å²) >= 11 is 0. The van der Waals surface area contributed by atoms with Crippen molar-refractivity contribution >= 4 is 17.4 Å². The number of nitrogens with zero attached hydrogens (tertiary/aromatic N) is 4. The number of anilines is 1. The van der Waals surface area contributed by atoms with E-state index in [4.69, 9.17) is 0 Å². The minimum absolute atomic E-state index is 0.0173. The predicted octanol–water partition coefficient (Wildman–Crippen LogP) is 5.13. The molecule has 5 rings (SSSR count). The van der Waals surface area contributed by atoms with Crippen molar-refractivity contribution in [3.63, 3.8) is 0 Å². The smallest absolute Gasteiger partial charge is 0.320 e. The lowest BCUT2D eigenvalue weighted by atomic mass is 9.72. The van der Waals surface area contributed by atoms with Crippen molar-refractivity contribution in [2.45, 2.75) is 44.8 Å². The number of halogens is 3. The number of benzene rings is 2. The van der Waals surface area contributed by atoms with Gasteiger partial charge < -0.3 is 9.47 Å². The Morgan fingerprint density at radius 2 is 1.94 bits per heavy atom. The van der Waals surface area contributed by atoms with Gasteiger partial charge in [0, 0.05) is 29.8 Å². The van der Waals surface area contributed by atoms with E-state index < -0.39 is 23.4 Å². The molecule has 0 unspecified atom stereocenters. The number of hydrogen-bond acceptors (Lipinski definition) is 4. The SMILES string of the molecule is CC(=O)c1cc2c(c(C(F)(F)F)c1)CN(c1cccc([C@@H](c3nncn3C)C3CCC3)c1)C2=O. The van der Waals surface area contributed by atoms with Gasteiger partial charge in [0.1, 0.15) is 12.2 Å². The number of amides is 1. The maximum atomic E-state index is 13.8. The van der Waals surface area contributed by atoms with E-state index in [1.54, 1.807) is 12.4 Å². The maximum absolute atomic E-state index is 13.8. The van der Waals surface area contributed by atoms with E-state index in [1.807, 2.05) is 29.8 Å². The topological polar surface area (TPSA) is 68.1 Å². The van der Waals surface area contributed by atoms with Crippen LogP contribution in [-0.2, 0) is 19.8 Å². The molecular formula is C25H23F3N4O2. The Balaban J connectivity index is 1.55. The molecule has 1 aliphatic heterocycles. The minimum atomic E-state index is -4.67. The molecule has 0 radical (unpaired) electrons. The van der Waals surface area contributed by atoms with Crippen LogP contribution in [0.1, 0.15) is 75.3 Å². The molecule has 2 aliphatic rings. The summed E-state index contributed by atoms with van der Waals surface area (Å²) in [7, 11) is 1.89. The monoisotopic (exact) mass is 468 g/mol. The molecule has 34 heavy (non-hydrogen) atoms. The Morgan fingerprint density at radius 3 is 2.53 bits per heavy atom. The summed E-state index contributed by atoms with van der Waals surface area (Å²) in [4.78, 5) is 26.4. The molecule has 1 fully saturated rings. The van der Waals surface area contributed by atoms with Crippen LogP contribution in [0.3, 0.4) is 0 Å². The second-order valence-corrected chi connectivity index (χ2v) is 9.06. The third kappa shape index (κ3) is 3.69. The second kappa shape index (κ2) is 8.07. The van der Waals surface area contributed by atoms with Gasteiger partial charge in [0.15, 0.2) is 5.78 Å². The summed E-state index contributed by atoms with van der Waals surface area (Å²) in [6, 6.07) is 9.48. The van der Waals surface area contributed by atoms with Gasteiger partial charge in [-0.05, 0) is 61.1 Å². The molecule has 1 saturated carbocycles. The van der Waals surface area contributed by atoms with Gasteiger partial charge in [-0.1, -0.05) is 18.6 Å². The van der Waals surface area contributed by atoms with Gasteiger partial charge in [-0.2, -0.15) is 13.2 Å². The van der Waals surface area contributed by atoms with Crippen molar-refractivity contribution in [3.05, 3.63) is 76.4 Å². The highest BCUT2D eigenvalue weighted by atomic mass is 19.4. The van der Waals surface area contributed by atoms with E-state index in [9.17, 15) is 22.8 Å². The Bertz CT molecular complexity index is 1290. The molecule has 6 nitrogen and oxygen atoms in total. The van der Waals surface area contributed by atoms with E-state index in [0.717, 1.165) is 36.7 Å². The van der Waals surface area contributed by atoms with Crippen LogP contribution in [-0.4, -0.2) is 26.5 Å². The van der Waals surface area contributed by atoms with Gasteiger partial charge in [-0.25, -0.2) is 0 Å². The molecule has 0 spiro atoms. The Kier molecular flexibility index (Phi) is 5.30. The van der Waals surface area contributed by atoms with Crippen LogP contribution in [0.5, 0.6) is 0 Å². The number of carbonyl (C=O) groups is 2. The quantitative estimate of drug-likeness (QED) is 0.487. The fraction of sp³-hybridized carbons (Fsp3) is 0.360. The van der Waals surface area contributed by atoms with Gasteiger partial charge in [-0.3, -0.25) is 9.59 Å². The number of carbonyl (C=O) groups excluding carboxylic acids is 2. The van der Waals surface area contributed by atoms with E-state index in [0.29, 0.717) is 11.6 Å². The fourth-order valence-corrected chi connectivity index (χ4v) is 4.94. The number of fused-ring (bicyclic) bond motifs is 1. The van der Waals surface area contributed by atoms with Crippen LogP contribution in [0.25, 0.3) is 0 Å². The number of Topliss-reactive ketones (excluding diaryl/α,β-unsaturated/α-hetero) is 1. The van der Waals surface area contributed by atoms with Gasteiger partial charge in [0.05, 0.1) is 12.1 Å². The van der Waals surface area contributed by atoms with E-state index >= 15 is 0 Å². The molecule has 1 aromatic heterocycles. The first-order valence-corrected chi connectivity index (χ1v) is 11.2. The third-order valence-electron chi connectivity index (χ3n) is 6.94. The summed E-state index contributed by atoms with van der Waals surface area (Å²) in [5.41, 5.74) is 0.229. The van der Waals surface area contributed by atoms with Gasteiger partial charge in [0.25, 0.3) is 5.91 Å². The van der Waals surface area contributed by atoms with Gasteiger partial charge >= 0.3 is 6.18 Å². The van der Waals surface area contributed by atoms with Gasteiger partial charge in [-0.15, -0.1) is 10.2 Å². The zero-order valence-electron chi connectivity index (χ0n) is 18.8. The zero-order chi connectivity index (χ0) is 24.2. The number of aromatic nitrogens is 3. The number of rotatable bonds is 5. The van der Waals surface area contributed by atoms with Crippen molar-refractivity contribution in [3.8, 4) is 0 Å². The first-order valence-electron chi connectivity index (χ1n) is 11.2. The van der Waals surface area contributed by atoms with E-state index in [-0.39, 0.29) is 29.2 Å².